The first-order valence-electron chi connectivity index (χ1n) is 6.97. The predicted octanol–water partition coefficient (Wildman–Crippen LogP) is 1.66. The van der Waals surface area contributed by atoms with Gasteiger partial charge in [0.05, 0.1) is 11.3 Å². The van der Waals surface area contributed by atoms with Crippen LogP contribution < -0.4 is 5.73 Å². The Morgan fingerprint density at radius 2 is 1.90 bits per heavy atom. The summed E-state index contributed by atoms with van der Waals surface area (Å²) in [6.45, 7) is 7.51. The second kappa shape index (κ2) is 6.59. The molecule has 114 valence electrons. The lowest BCUT2D eigenvalue weighted by molar-refractivity contribution is 0.0679. The van der Waals surface area contributed by atoms with Gasteiger partial charge in [-0.2, -0.15) is 5.10 Å². The molecule has 0 bridgehead atoms. The van der Waals surface area contributed by atoms with Crippen LogP contribution in [-0.2, 0) is 7.05 Å². The van der Waals surface area contributed by atoms with Gasteiger partial charge in [0.15, 0.2) is 0 Å². The normalized spacial score (nSPS) is 17.8. The van der Waals surface area contributed by atoms with Crippen molar-refractivity contribution < 1.29 is 4.79 Å². The second-order valence-electron chi connectivity index (χ2n) is 5.66. The molecule has 0 aliphatic carbocycles. The number of carbonyl (C=O) groups is 1. The van der Waals surface area contributed by atoms with E-state index >= 15 is 0 Å². The Morgan fingerprint density at radius 3 is 2.30 bits per heavy atom. The van der Waals surface area contributed by atoms with Crippen LogP contribution >= 0.6 is 12.4 Å². The van der Waals surface area contributed by atoms with Crippen LogP contribution in [-0.4, -0.2) is 39.7 Å². The quantitative estimate of drug-likeness (QED) is 0.903. The third-order valence-electron chi connectivity index (χ3n) is 4.29. The van der Waals surface area contributed by atoms with E-state index in [-0.39, 0.29) is 24.4 Å². The summed E-state index contributed by atoms with van der Waals surface area (Å²) in [4.78, 5) is 14.5. The zero-order valence-corrected chi connectivity index (χ0v) is 13.5. The van der Waals surface area contributed by atoms with Crippen LogP contribution in [0.1, 0.15) is 41.5 Å². The van der Waals surface area contributed by atoms with Gasteiger partial charge in [-0.3, -0.25) is 9.48 Å². The summed E-state index contributed by atoms with van der Waals surface area (Å²) in [6, 6.07) is 0.221. The van der Waals surface area contributed by atoms with Gasteiger partial charge in [0.1, 0.15) is 0 Å². The summed E-state index contributed by atoms with van der Waals surface area (Å²) in [7, 11) is 1.88. The van der Waals surface area contributed by atoms with Crippen molar-refractivity contribution in [2.45, 2.75) is 39.7 Å². The Kier molecular flexibility index (Phi) is 5.59. The molecule has 1 aliphatic heterocycles. The average Bonchev–Trinajstić information content (AvgIpc) is 2.62. The summed E-state index contributed by atoms with van der Waals surface area (Å²) < 4.78 is 1.78. The van der Waals surface area contributed by atoms with E-state index < -0.39 is 0 Å². The van der Waals surface area contributed by atoms with Crippen molar-refractivity contribution in [3.63, 3.8) is 0 Å². The van der Waals surface area contributed by atoms with Crippen LogP contribution in [0.5, 0.6) is 0 Å². The van der Waals surface area contributed by atoms with Crippen molar-refractivity contribution >= 4 is 18.3 Å². The number of halogens is 1. The van der Waals surface area contributed by atoms with E-state index in [0.29, 0.717) is 5.92 Å². The van der Waals surface area contributed by atoms with E-state index in [1.807, 2.05) is 25.8 Å². The number of carbonyl (C=O) groups excluding carboxylic acids is 1. The fourth-order valence-electron chi connectivity index (χ4n) is 2.87. The van der Waals surface area contributed by atoms with E-state index in [1.54, 1.807) is 4.68 Å². The molecule has 0 spiro atoms. The van der Waals surface area contributed by atoms with Crippen LogP contribution in [0.4, 0.5) is 0 Å². The highest BCUT2D eigenvalue weighted by Crippen LogP contribution is 2.22. The van der Waals surface area contributed by atoms with Gasteiger partial charge in [0.2, 0.25) is 0 Å². The molecule has 1 aromatic rings. The molecule has 1 unspecified atom stereocenters. The summed E-state index contributed by atoms with van der Waals surface area (Å²) in [5.41, 5.74) is 8.46. The van der Waals surface area contributed by atoms with Crippen molar-refractivity contribution in [3.8, 4) is 0 Å². The van der Waals surface area contributed by atoms with Gasteiger partial charge in [-0.25, -0.2) is 0 Å². The lowest BCUT2D eigenvalue weighted by atomic mass is 9.90. The molecule has 20 heavy (non-hydrogen) atoms. The number of rotatable bonds is 2. The number of nitrogens with zero attached hydrogens (tertiary/aromatic N) is 3. The molecule has 2 N–H and O–H groups in total. The zero-order valence-electron chi connectivity index (χ0n) is 12.7. The molecule has 6 heteroatoms. The topological polar surface area (TPSA) is 64.2 Å². The number of amides is 1. The van der Waals surface area contributed by atoms with Gasteiger partial charge in [-0.1, -0.05) is 0 Å². The maximum absolute atomic E-state index is 12.6. The van der Waals surface area contributed by atoms with Crippen LogP contribution in [0.3, 0.4) is 0 Å². The highest BCUT2D eigenvalue weighted by molar-refractivity contribution is 5.96. The minimum atomic E-state index is 0. The van der Waals surface area contributed by atoms with Crippen LogP contribution in [0.25, 0.3) is 0 Å². The number of likely N-dealkylation sites (tertiary alicyclic amines) is 1. The molecule has 1 aliphatic rings. The Morgan fingerprint density at radius 1 is 1.35 bits per heavy atom. The third-order valence-corrected chi connectivity index (χ3v) is 4.29. The van der Waals surface area contributed by atoms with Crippen molar-refractivity contribution in [1.82, 2.24) is 14.7 Å². The first-order valence-corrected chi connectivity index (χ1v) is 6.97. The van der Waals surface area contributed by atoms with Crippen molar-refractivity contribution in [2.24, 2.45) is 18.7 Å². The maximum atomic E-state index is 12.6. The number of aromatic nitrogens is 2. The molecular formula is C14H25ClN4O. The average molecular weight is 301 g/mol. The zero-order chi connectivity index (χ0) is 14.2. The molecule has 1 saturated heterocycles. The van der Waals surface area contributed by atoms with Gasteiger partial charge in [-0.05, 0) is 39.5 Å². The minimum absolute atomic E-state index is 0. The van der Waals surface area contributed by atoms with E-state index in [1.165, 1.54) is 0 Å². The number of hydrogen-bond donors (Lipinski definition) is 1. The first kappa shape index (κ1) is 17.0. The van der Waals surface area contributed by atoms with Gasteiger partial charge < -0.3 is 10.6 Å². The number of nitrogens with two attached hydrogens (primary N) is 1. The number of piperidine rings is 1. The Balaban J connectivity index is 0.00000200. The molecule has 1 aromatic heterocycles. The van der Waals surface area contributed by atoms with E-state index in [2.05, 4.69) is 12.0 Å². The van der Waals surface area contributed by atoms with Crippen molar-refractivity contribution in [3.05, 3.63) is 17.0 Å². The highest BCUT2D eigenvalue weighted by Gasteiger charge is 2.28. The smallest absolute Gasteiger partial charge is 0.257 e. The molecular weight excluding hydrogens is 276 g/mol. The maximum Gasteiger partial charge on any atom is 0.257 e. The van der Waals surface area contributed by atoms with Crippen molar-refractivity contribution in [2.75, 3.05) is 13.1 Å². The summed E-state index contributed by atoms with van der Waals surface area (Å²) in [5.74, 6) is 0.659. The Hall–Kier alpha value is -1.07. The molecule has 0 aromatic carbocycles. The van der Waals surface area contributed by atoms with Crippen LogP contribution in [0.15, 0.2) is 0 Å². The molecule has 0 saturated carbocycles. The minimum Gasteiger partial charge on any atom is -0.339 e. The largest absolute Gasteiger partial charge is 0.339 e. The molecule has 1 fully saturated rings. The van der Waals surface area contributed by atoms with Crippen molar-refractivity contribution in [1.29, 1.82) is 0 Å². The Labute approximate surface area is 126 Å². The molecule has 0 radical (unpaired) electrons. The number of hydrogen-bond acceptors (Lipinski definition) is 3. The SMILES string of the molecule is Cc1nn(C)c(C)c1C(=O)N1CCC(C(C)N)CC1.Cl. The third kappa shape index (κ3) is 3.15. The standard InChI is InChI=1S/C14H24N4O.ClH/c1-9(15)12-5-7-18(8-6-12)14(19)13-10(2)16-17(4)11(13)3;/h9,12H,5-8,15H2,1-4H3;1H. The molecule has 2 heterocycles. The van der Waals surface area contributed by atoms with Gasteiger partial charge in [-0.15, -0.1) is 12.4 Å². The van der Waals surface area contributed by atoms with E-state index in [0.717, 1.165) is 42.9 Å². The van der Waals surface area contributed by atoms with Gasteiger partial charge in [0.25, 0.3) is 5.91 Å². The van der Waals surface area contributed by atoms with Crippen LogP contribution in [0.2, 0.25) is 0 Å². The predicted molar refractivity (Wildman–Crippen MR) is 82.2 cm³/mol. The summed E-state index contributed by atoms with van der Waals surface area (Å²) in [5, 5.41) is 4.32. The summed E-state index contributed by atoms with van der Waals surface area (Å²) >= 11 is 0. The molecule has 2 rings (SSSR count). The lowest BCUT2D eigenvalue weighted by Gasteiger charge is -2.33. The summed E-state index contributed by atoms with van der Waals surface area (Å²) in [6.07, 6.45) is 2.00. The molecule has 5 nitrogen and oxygen atoms in total. The fraction of sp³-hybridized carbons (Fsp3) is 0.714. The first-order chi connectivity index (χ1) is 8.91. The van der Waals surface area contributed by atoms with Crippen LogP contribution in [0, 0.1) is 19.8 Å². The number of aryl methyl sites for hydroxylation is 2. The monoisotopic (exact) mass is 300 g/mol. The molecule has 1 atom stereocenters. The van der Waals surface area contributed by atoms with Gasteiger partial charge in [0, 0.05) is 31.9 Å². The molecule has 1 amide bonds. The fourth-order valence-corrected chi connectivity index (χ4v) is 2.87. The highest BCUT2D eigenvalue weighted by atomic mass is 35.5. The van der Waals surface area contributed by atoms with E-state index in [9.17, 15) is 4.79 Å². The lowest BCUT2D eigenvalue weighted by Crippen LogP contribution is -2.42. The van der Waals surface area contributed by atoms with Gasteiger partial charge >= 0.3 is 0 Å². The Bertz CT molecular complexity index is 476. The van der Waals surface area contributed by atoms with E-state index in [4.69, 9.17) is 5.73 Å². The second-order valence-corrected chi connectivity index (χ2v) is 5.66.